The molecule has 1 saturated carbocycles. The van der Waals surface area contributed by atoms with E-state index in [-0.39, 0.29) is 41.7 Å². The van der Waals surface area contributed by atoms with Crippen molar-refractivity contribution in [1.82, 2.24) is 10.2 Å². The lowest BCUT2D eigenvalue weighted by Gasteiger charge is -2.47. The Balaban J connectivity index is 1.93. The van der Waals surface area contributed by atoms with E-state index in [1.807, 2.05) is 12.1 Å². The van der Waals surface area contributed by atoms with Gasteiger partial charge in [0.1, 0.15) is 11.4 Å². The van der Waals surface area contributed by atoms with Crippen molar-refractivity contribution < 1.29 is 19.5 Å². The standard InChI is InChI=1S/C32H49N3O4/c1-8-9-10-26(22-11-13-23(14-12-22)28(38)33-20-17-27(36)37)35-29(39)25(21-30(2,3)4)34-32(35)18-15-24(16-19-32)31(5,6)7/h11-14,24,26H,8-10,15-21H2,1-7H3,(H,33,38)(H,36,37)/t24?,26-,32?/m1/s1. The molecule has 1 aromatic carbocycles. The van der Waals surface area contributed by atoms with Crippen molar-refractivity contribution in [2.45, 2.75) is 118 Å². The van der Waals surface area contributed by atoms with Gasteiger partial charge in [0.05, 0.1) is 12.5 Å². The third kappa shape index (κ3) is 7.70. The molecule has 39 heavy (non-hydrogen) atoms. The van der Waals surface area contributed by atoms with Crippen LogP contribution in [0, 0.1) is 16.7 Å². The highest BCUT2D eigenvalue weighted by Crippen LogP contribution is 2.50. The normalized spacial score (nSPS) is 22.6. The summed E-state index contributed by atoms with van der Waals surface area (Å²) in [6.45, 7) is 15.7. The Morgan fingerprint density at radius 2 is 1.72 bits per heavy atom. The second kappa shape index (κ2) is 12.2. The number of aliphatic carboxylic acids is 1. The number of carbonyl (C=O) groups is 3. The number of amides is 2. The zero-order valence-electron chi connectivity index (χ0n) is 25.1. The third-order valence-corrected chi connectivity index (χ3v) is 8.29. The number of nitrogens with one attached hydrogen (secondary N) is 1. The summed E-state index contributed by atoms with van der Waals surface area (Å²) < 4.78 is 0. The zero-order chi connectivity index (χ0) is 29.0. The van der Waals surface area contributed by atoms with Gasteiger partial charge < -0.3 is 15.3 Å². The van der Waals surface area contributed by atoms with Crippen molar-refractivity contribution in [3.05, 3.63) is 35.4 Å². The van der Waals surface area contributed by atoms with Crippen LogP contribution in [-0.2, 0) is 9.59 Å². The van der Waals surface area contributed by atoms with Crippen molar-refractivity contribution in [3.8, 4) is 0 Å². The summed E-state index contributed by atoms with van der Waals surface area (Å²) in [6.07, 6.45) is 7.25. The molecule has 216 valence electrons. The van der Waals surface area contributed by atoms with Gasteiger partial charge >= 0.3 is 5.97 Å². The van der Waals surface area contributed by atoms with Crippen LogP contribution in [-0.4, -0.2) is 45.7 Å². The summed E-state index contributed by atoms with van der Waals surface area (Å²) in [7, 11) is 0. The van der Waals surface area contributed by atoms with E-state index >= 15 is 0 Å². The second-order valence-corrected chi connectivity index (χ2v) is 13.8. The summed E-state index contributed by atoms with van der Waals surface area (Å²) in [5.74, 6) is -0.568. The zero-order valence-corrected chi connectivity index (χ0v) is 25.1. The summed E-state index contributed by atoms with van der Waals surface area (Å²) >= 11 is 0. The van der Waals surface area contributed by atoms with Gasteiger partial charge in [-0.1, -0.05) is 73.4 Å². The molecule has 1 atom stereocenters. The van der Waals surface area contributed by atoms with Crippen LogP contribution < -0.4 is 5.32 Å². The van der Waals surface area contributed by atoms with Crippen molar-refractivity contribution >= 4 is 23.5 Å². The molecule has 1 spiro atoms. The number of rotatable bonds is 10. The number of hydrogen-bond donors (Lipinski definition) is 2. The Morgan fingerprint density at radius 1 is 1.10 bits per heavy atom. The van der Waals surface area contributed by atoms with Crippen molar-refractivity contribution in [1.29, 1.82) is 0 Å². The fourth-order valence-corrected chi connectivity index (χ4v) is 6.11. The van der Waals surface area contributed by atoms with Gasteiger partial charge in [-0.2, -0.15) is 0 Å². The lowest BCUT2D eigenvalue weighted by molar-refractivity contribution is -0.137. The van der Waals surface area contributed by atoms with E-state index in [0.717, 1.165) is 50.5 Å². The number of aliphatic imine (C=N–C) groups is 1. The summed E-state index contributed by atoms with van der Waals surface area (Å²) in [5.41, 5.74) is 1.88. The first-order chi connectivity index (χ1) is 18.2. The van der Waals surface area contributed by atoms with E-state index in [9.17, 15) is 14.4 Å². The molecule has 2 aliphatic rings. The van der Waals surface area contributed by atoms with Gasteiger partial charge in [-0.3, -0.25) is 19.4 Å². The van der Waals surface area contributed by atoms with Crippen molar-refractivity contribution in [3.63, 3.8) is 0 Å². The maximum Gasteiger partial charge on any atom is 0.305 e. The number of unbranched alkanes of at least 4 members (excludes halogenated alkanes) is 1. The number of benzene rings is 1. The van der Waals surface area contributed by atoms with Gasteiger partial charge in [-0.25, -0.2) is 0 Å². The van der Waals surface area contributed by atoms with Crippen molar-refractivity contribution in [2.75, 3.05) is 6.54 Å². The lowest BCUT2D eigenvalue weighted by atomic mass is 9.69. The largest absolute Gasteiger partial charge is 0.481 e. The van der Waals surface area contributed by atoms with E-state index < -0.39 is 11.6 Å². The minimum Gasteiger partial charge on any atom is -0.481 e. The van der Waals surface area contributed by atoms with Crippen LogP contribution in [0.3, 0.4) is 0 Å². The SMILES string of the molecule is CCCC[C@H](c1ccc(C(=O)NCCC(=O)O)cc1)N1C(=O)C(CC(C)(C)C)=NC12CCC(C(C)(C)C)CC2. The highest BCUT2D eigenvalue weighted by molar-refractivity contribution is 6.40. The molecule has 0 saturated heterocycles. The Kier molecular flexibility index (Phi) is 9.66. The molecule has 7 nitrogen and oxygen atoms in total. The summed E-state index contributed by atoms with van der Waals surface area (Å²) in [6, 6.07) is 7.36. The van der Waals surface area contributed by atoms with E-state index in [2.05, 4.69) is 58.7 Å². The molecule has 1 aliphatic carbocycles. The quantitative estimate of drug-likeness (QED) is 0.342. The predicted molar refractivity (Wildman–Crippen MR) is 156 cm³/mol. The van der Waals surface area contributed by atoms with Crippen LogP contribution in [0.2, 0.25) is 0 Å². The van der Waals surface area contributed by atoms with Crippen LogP contribution in [0.1, 0.15) is 128 Å². The number of hydrogen-bond acceptors (Lipinski definition) is 4. The molecule has 2 N–H and O–H groups in total. The molecule has 1 heterocycles. The van der Waals surface area contributed by atoms with Gasteiger partial charge in [0, 0.05) is 12.1 Å². The first-order valence-electron chi connectivity index (χ1n) is 14.7. The minimum atomic E-state index is -0.946. The fraction of sp³-hybridized carbons (Fsp3) is 0.688. The maximum absolute atomic E-state index is 14.1. The minimum absolute atomic E-state index is 0.0388. The Bertz CT molecular complexity index is 1050. The molecule has 2 amide bonds. The molecule has 1 aliphatic heterocycles. The van der Waals surface area contributed by atoms with Gasteiger partial charge in [-0.15, -0.1) is 0 Å². The number of carboxylic acid groups (broad SMARTS) is 1. The Morgan fingerprint density at radius 3 is 2.23 bits per heavy atom. The molecule has 3 rings (SSSR count). The van der Waals surface area contributed by atoms with Crippen LogP contribution in [0.25, 0.3) is 0 Å². The molecule has 0 unspecified atom stereocenters. The number of nitrogens with zero attached hydrogens (tertiary/aromatic N) is 2. The molecule has 0 bridgehead atoms. The van der Waals surface area contributed by atoms with Crippen LogP contribution >= 0.6 is 0 Å². The fourth-order valence-electron chi connectivity index (χ4n) is 6.11. The molecule has 7 heteroatoms. The third-order valence-electron chi connectivity index (χ3n) is 8.29. The van der Waals surface area contributed by atoms with E-state index in [1.54, 1.807) is 12.1 Å². The Labute approximate surface area is 234 Å². The first-order valence-corrected chi connectivity index (χ1v) is 14.7. The highest BCUT2D eigenvalue weighted by atomic mass is 16.4. The van der Waals surface area contributed by atoms with E-state index in [4.69, 9.17) is 10.1 Å². The number of carbonyl (C=O) groups excluding carboxylic acids is 2. The monoisotopic (exact) mass is 539 g/mol. The molecular weight excluding hydrogens is 490 g/mol. The van der Waals surface area contributed by atoms with Crippen LogP contribution in [0.4, 0.5) is 0 Å². The summed E-state index contributed by atoms with van der Waals surface area (Å²) in [4.78, 5) is 44.8. The Hall–Kier alpha value is -2.70. The molecule has 1 fully saturated rings. The highest BCUT2D eigenvalue weighted by Gasteiger charge is 2.52. The molecular formula is C32H49N3O4. The number of carboxylic acids is 1. The topological polar surface area (TPSA) is 99.1 Å². The van der Waals surface area contributed by atoms with E-state index in [0.29, 0.717) is 23.6 Å². The second-order valence-electron chi connectivity index (χ2n) is 13.8. The molecule has 0 aromatic heterocycles. The average molecular weight is 540 g/mol. The van der Waals surface area contributed by atoms with Gasteiger partial charge in [-0.05, 0) is 73.0 Å². The molecule has 0 radical (unpaired) electrons. The van der Waals surface area contributed by atoms with E-state index in [1.165, 1.54) is 0 Å². The van der Waals surface area contributed by atoms with Crippen LogP contribution in [0.15, 0.2) is 29.3 Å². The van der Waals surface area contributed by atoms with Gasteiger partial charge in [0.2, 0.25) is 0 Å². The van der Waals surface area contributed by atoms with Crippen LogP contribution in [0.5, 0.6) is 0 Å². The maximum atomic E-state index is 14.1. The van der Waals surface area contributed by atoms with Gasteiger partial charge in [0.15, 0.2) is 0 Å². The predicted octanol–water partition coefficient (Wildman–Crippen LogP) is 6.77. The van der Waals surface area contributed by atoms with Gasteiger partial charge in [0.25, 0.3) is 11.8 Å². The molecule has 1 aromatic rings. The lowest BCUT2D eigenvalue weighted by Crippen LogP contribution is -2.51. The average Bonchev–Trinajstić information content (AvgIpc) is 3.08. The first kappa shape index (κ1) is 30.8. The summed E-state index contributed by atoms with van der Waals surface area (Å²) in [5, 5.41) is 11.5. The van der Waals surface area contributed by atoms with Crippen molar-refractivity contribution in [2.24, 2.45) is 21.7 Å². The smallest absolute Gasteiger partial charge is 0.305 e.